The average Bonchev–Trinajstić information content (AvgIpc) is 2.86. The first-order chi connectivity index (χ1) is 18.0. The second-order valence-corrected chi connectivity index (χ2v) is 8.51. The molecule has 0 aliphatic carbocycles. The van der Waals surface area contributed by atoms with E-state index < -0.39 is 48.2 Å². The van der Waals surface area contributed by atoms with E-state index in [9.17, 15) is 31.9 Å². The van der Waals surface area contributed by atoms with Crippen molar-refractivity contribution in [2.24, 2.45) is 0 Å². The summed E-state index contributed by atoms with van der Waals surface area (Å²) in [7, 11) is 0. The number of rotatable bonds is 5. The van der Waals surface area contributed by atoms with Crippen LogP contribution in [0.5, 0.6) is 0 Å². The van der Waals surface area contributed by atoms with E-state index in [-0.39, 0.29) is 33.8 Å². The normalized spacial score (nSPS) is 16.8. The van der Waals surface area contributed by atoms with E-state index in [2.05, 4.69) is 15.6 Å². The maximum absolute atomic E-state index is 13.8. The molecule has 0 radical (unpaired) electrons. The number of aromatic nitrogens is 1. The monoisotopic (exact) mass is 525 g/mol. The van der Waals surface area contributed by atoms with Gasteiger partial charge in [0.1, 0.15) is 24.2 Å². The Balaban J connectivity index is 1.84. The van der Waals surface area contributed by atoms with Gasteiger partial charge in [0.2, 0.25) is 11.8 Å². The van der Waals surface area contributed by atoms with Gasteiger partial charge in [-0.1, -0.05) is 24.3 Å². The van der Waals surface area contributed by atoms with Crippen molar-refractivity contribution >= 4 is 29.2 Å². The van der Waals surface area contributed by atoms with Crippen LogP contribution in [0.1, 0.15) is 45.9 Å². The van der Waals surface area contributed by atoms with Gasteiger partial charge in [0, 0.05) is 24.4 Å². The number of nitrogens with one attached hydrogen (secondary N) is 2. The largest absolute Gasteiger partial charge is 0.406 e. The second kappa shape index (κ2) is 10.3. The van der Waals surface area contributed by atoms with Crippen LogP contribution in [0.4, 0.5) is 29.1 Å². The number of pyridine rings is 1. The molecule has 0 fully saturated rings. The number of halogens is 4. The molecule has 2 N–H and O–H groups in total. The molecule has 38 heavy (non-hydrogen) atoms. The quantitative estimate of drug-likeness (QED) is 0.475. The van der Waals surface area contributed by atoms with Crippen molar-refractivity contribution in [3.8, 4) is 6.07 Å². The molecule has 3 aromatic rings. The Kier molecular flexibility index (Phi) is 7.12. The Morgan fingerprint density at radius 3 is 2.47 bits per heavy atom. The zero-order valence-corrected chi connectivity index (χ0v) is 19.7. The number of nitriles is 1. The molecule has 0 saturated heterocycles. The van der Waals surface area contributed by atoms with Crippen LogP contribution in [-0.2, 0) is 9.59 Å². The number of amides is 3. The zero-order chi connectivity index (χ0) is 27.6. The third kappa shape index (κ3) is 5.46. The van der Waals surface area contributed by atoms with E-state index in [1.165, 1.54) is 49.5 Å². The molecular formula is C26H19F4N5O3. The van der Waals surface area contributed by atoms with Crippen LogP contribution in [0.25, 0.3) is 0 Å². The minimum Gasteiger partial charge on any atom is -0.325 e. The Bertz CT molecular complexity index is 1450. The first-order valence-corrected chi connectivity index (χ1v) is 11.2. The van der Waals surface area contributed by atoms with Crippen molar-refractivity contribution in [1.82, 2.24) is 9.88 Å². The number of carbonyl (C=O) groups excluding carboxylic acids is 3. The number of hydrogen-bond donors (Lipinski definition) is 2. The molecule has 1 aliphatic heterocycles. The van der Waals surface area contributed by atoms with E-state index in [4.69, 9.17) is 5.26 Å². The molecule has 2 heterocycles. The SMILES string of the molecule is CC(=O)Nc1ccc(C2C(C(=O)Nc3ccc(F)c(C#N)c3)c3ccccc3C(=O)N2CC(F)(F)F)cn1. The lowest BCUT2D eigenvalue weighted by Crippen LogP contribution is -2.49. The minimum absolute atomic E-state index is 0.0441. The zero-order valence-electron chi connectivity index (χ0n) is 19.7. The summed E-state index contributed by atoms with van der Waals surface area (Å²) in [5.41, 5.74) is -0.0689. The standard InChI is InChI=1S/C26H19F4N5O3/c1-14(36)33-21-9-6-15(12-32-21)23-22(24(37)34-17-7-8-20(27)16(10-17)11-31)18-4-2-3-5-19(18)25(38)35(23)13-26(28,29)30/h2-10,12,22-23H,13H2,1H3,(H,34,37)(H,32,33,36). The van der Waals surface area contributed by atoms with Crippen LogP contribution < -0.4 is 10.6 Å². The predicted octanol–water partition coefficient (Wildman–Crippen LogP) is 4.53. The van der Waals surface area contributed by atoms with Crippen molar-refractivity contribution in [3.63, 3.8) is 0 Å². The van der Waals surface area contributed by atoms with Gasteiger partial charge in [-0.15, -0.1) is 0 Å². The Morgan fingerprint density at radius 1 is 1.11 bits per heavy atom. The highest BCUT2D eigenvalue weighted by Gasteiger charge is 2.47. The number of fused-ring (bicyclic) bond motifs is 1. The Labute approximate surface area is 213 Å². The maximum atomic E-state index is 13.8. The summed E-state index contributed by atoms with van der Waals surface area (Å²) in [6.07, 6.45) is -3.60. The van der Waals surface area contributed by atoms with Crippen molar-refractivity contribution in [1.29, 1.82) is 5.26 Å². The Morgan fingerprint density at radius 2 is 1.84 bits per heavy atom. The highest BCUT2D eigenvalue weighted by molar-refractivity contribution is 6.04. The number of benzene rings is 2. The highest BCUT2D eigenvalue weighted by Crippen LogP contribution is 2.44. The summed E-state index contributed by atoms with van der Waals surface area (Å²) in [5, 5.41) is 14.1. The van der Waals surface area contributed by atoms with Gasteiger partial charge in [-0.3, -0.25) is 14.4 Å². The van der Waals surface area contributed by atoms with Crippen molar-refractivity contribution in [2.45, 2.75) is 25.1 Å². The predicted molar refractivity (Wildman–Crippen MR) is 127 cm³/mol. The van der Waals surface area contributed by atoms with Gasteiger partial charge in [0.25, 0.3) is 5.91 Å². The first-order valence-electron chi connectivity index (χ1n) is 11.2. The van der Waals surface area contributed by atoms with Gasteiger partial charge < -0.3 is 15.5 Å². The van der Waals surface area contributed by atoms with E-state index in [1.807, 2.05) is 0 Å². The molecule has 12 heteroatoms. The van der Waals surface area contributed by atoms with Crippen molar-refractivity contribution < 1.29 is 31.9 Å². The van der Waals surface area contributed by atoms with Gasteiger partial charge >= 0.3 is 6.18 Å². The molecule has 2 unspecified atom stereocenters. The lowest BCUT2D eigenvalue weighted by atomic mass is 9.79. The van der Waals surface area contributed by atoms with Crippen LogP contribution >= 0.6 is 0 Å². The number of anilines is 2. The smallest absolute Gasteiger partial charge is 0.325 e. The lowest BCUT2D eigenvalue weighted by molar-refractivity contribution is -0.148. The molecule has 1 aromatic heterocycles. The molecule has 194 valence electrons. The average molecular weight is 525 g/mol. The third-order valence-corrected chi connectivity index (χ3v) is 5.86. The van der Waals surface area contributed by atoms with Gasteiger partial charge in [0.05, 0.1) is 17.5 Å². The van der Waals surface area contributed by atoms with E-state index in [0.717, 1.165) is 12.1 Å². The summed E-state index contributed by atoms with van der Waals surface area (Å²) < 4.78 is 54.8. The number of alkyl halides is 3. The molecule has 2 aromatic carbocycles. The minimum atomic E-state index is -4.79. The van der Waals surface area contributed by atoms with Crippen LogP contribution in [-0.4, -0.2) is 40.3 Å². The molecule has 2 atom stereocenters. The first kappa shape index (κ1) is 26.3. The lowest BCUT2D eigenvalue weighted by Gasteiger charge is -2.41. The van der Waals surface area contributed by atoms with E-state index in [0.29, 0.717) is 4.90 Å². The molecule has 0 spiro atoms. The van der Waals surface area contributed by atoms with Crippen LogP contribution in [0, 0.1) is 17.1 Å². The number of nitrogens with zero attached hydrogens (tertiary/aromatic N) is 3. The van der Waals surface area contributed by atoms with Gasteiger partial charge in [0.15, 0.2) is 0 Å². The topological polar surface area (TPSA) is 115 Å². The van der Waals surface area contributed by atoms with Crippen LogP contribution in [0.15, 0.2) is 60.8 Å². The molecule has 8 nitrogen and oxygen atoms in total. The van der Waals surface area contributed by atoms with Gasteiger partial charge in [-0.2, -0.15) is 18.4 Å². The fourth-order valence-electron chi connectivity index (χ4n) is 4.36. The summed E-state index contributed by atoms with van der Waals surface area (Å²) in [6, 6.07) is 12.1. The van der Waals surface area contributed by atoms with Gasteiger partial charge in [-0.25, -0.2) is 9.37 Å². The van der Waals surface area contributed by atoms with E-state index in [1.54, 1.807) is 12.1 Å². The summed E-state index contributed by atoms with van der Waals surface area (Å²) in [5.74, 6) is -4.15. The highest BCUT2D eigenvalue weighted by atomic mass is 19.4. The summed E-state index contributed by atoms with van der Waals surface area (Å²) in [4.78, 5) is 42.9. The molecule has 0 bridgehead atoms. The molecule has 0 saturated carbocycles. The summed E-state index contributed by atoms with van der Waals surface area (Å²) >= 11 is 0. The van der Waals surface area contributed by atoms with Crippen LogP contribution in [0.3, 0.4) is 0 Å². The number of carbonyl (C=O) groups is 3. The Hall–Kier alpha value is -4.79. The van der Waals surface area contributed by atoms with Crippen molar-refractivity contribution in [3.05, 3.63) is 88.9 Å². The van der Waals surface area contributed by atoms with E-state index >= 15 is 0 Å². The molecule has 4 rings (SSSR count). The molecular weight excluding hydrogens is 506 g/mol. The summed E-state index contributed by atoms with van der Waals surface area (Å²) in [6.45, 7) is -0.387. The van der Waals surface area contributed by atoms with Crippen LogP contribution in [0.2, 0.25) is 0 Å². The second-order valence-electron chi connectivity index (χ2n) is 8.51. The fraction of sp³-hybridized carbons (Fsp3) is 0.192. The third-order valence-electron chi connectivity index (χ3n) is 5.86. The van der Waals surface area contributed by atoms with Gasteiger partial charge in [-0.05, 0) is 41.5 Å². The fourth-order valence-corrected chi connectivity index (χ4v) is 4.36. The molecule has 3 amide bonds. The maximum Gasteiger partial charge on any atom is 0.406 e. The number of hydrogen-bond acceptors (Lipinski definition) is 5. The molecule has 1 aliphatic rings. The van der Waals surface area contributed by atoms with Crippen molar-refractivity contribution in [2.75, 3.05) is 17.2 Å².